The topological polar surface area (TPSA) is 89.9 Å². The van der Waals surface area contributed by atoms with Gasteiger partial charge in [-0.05, 0) is 43.2 Å². The minimum atomic E-state index is 0.198. The first kappa shape index (κ1) is 20.1. The summed E-state index contributed by atoms with van der Waals surface area (Å²) in [5, 5.41) is 0. The van der Waals surface area contributed by atoms with Gasteiger partial charge in [0.2, 0.25) is 5.91 Å². The second kappa shape index (κ2) is 8.65. The largest absolute Gasteiger partial charge is 0.384 e. The molecule has 156 valence electrons. The van der Waals surface area contributed by atoms with E-state index in [1.807, 2.05) is 30.2 Å². The maximum atomic E-state index is 12.8. The molecule has 3 aromatic rings. The molecule has 7 heteroatoms. The first-order valence-electron chi connectivity index (χ1n) is 10.5. The van der Waals surface area contributed by atoms with Crippen LogP contribution in [0.15, 0.2) is 42.9 Å². The molecule has 4 rings (SSSR count). The van der Waals surface area contributed by atoms with Gasteiger partial charge < -0.3 is 15.2 Å². The summed E-state index contributed by atoms with van der Waals surface area (Å²) < 4.78 is 2.07. The second-order valence-corrected chi connectivity index (χ2v) is 7.86. The van der Waals surface area contributed by atoms with Gasteiger partial charge in [-0.25, -0.2) is 9.97 Å². The molecule has 0 saturated carbocycles. The van der Waals surface area contributed by atoms with Crippen molar-refractivity contribution in [2.45, 2.75) is 45.6 Å². The number of amides is 1. The number of nitrogens with zero attached hydrogens (tertiary/aromatic N) is 5. The average molecular weight is 405 g/mol. The van der Waals surface area contributed by atoms with Gasteiger partial charge in [0.05, 0.1) is 0 Å². The molecule has 30 heavy (non-hydrogen) atoms. The normalized spacial score (nSPS) is 16.2. The molecule has 0 aliphatic carbocycles. The van der Waals surface area contributed by atoms with Gasteiger partial charge in [-0.3, -0.25) is 9.78 Å². The third-order valence-electron chi connectivity index (χ3n) is 5.74. The molecule has 1 atom stereocenters. The summed E-state index contributed by atoms with van der Waals surface area (Å²) in [7, 11) is 0. The summed E-state index contributed by atoms with van der Waals surface area (Å²) in [4.78, 5) is 28.0. The highest BCUT2D eigenvalue weighted by Gasteiger charge is 2.28. The Balaban J connectivity index is 1.42. The Labute approximate surface area is 177 Å². The molecule has 1 amide bonds. The zero-order valence-electron chi connectivity index (χ0n) is 17.6. The predicted molar refractivity (Wildman–Crippen MR) is 117 cm³/mol. The molecule has 0 unspecified atom stereocenters. The summed E-state index contributed by atoms with van der Waals surface area (Å²) >= 11 is 0. The number of carbonyl (C=O) groups is 1. The van der Waals surface area contributed by atoms with Crippen molar-refractivity contribution in [3.63, 3.8) is 0 Å². The SMILES string of the molecule is CCc1nccn1CCC(=O)N1CC[C@H](c2cc(-c3ccc(N)nc3)cc(C)n2)C1. The van der Waals surface area contributed by atoms with E-state index in [0.29, 0.717) is 18.8 Å². The Kier molecular flexibility index (Phi) is 5.79. The summed E-state index contributed by atoms with van der Waals surface area (Å²) in [5.41, 5.74) is 9.83. The van der Waals surface area contributed by atoms with Crippen LogP contribution in [0.3, 0.4) is 0 Å². The Morgan fingerprint density at radius 3 is 2.87 bits per heavy atom. The molecule has 0 spiro atoms. The van der Waals surface area contributed by atoms with E-state index in [9.17, 15) is 4.79 Å². The molecule has 1 fully saturated rings. The fourth-order valence-electron chi connectivity index (χ4n) is 4.11. The van der Waals surface area contributed by atoms with Crippen LogP contribution in [-0.2, 0) is 17.8 Å². The van der Waals surface area contributed by atoms with Gasteiger partial charge in [0.15, 0.2) is 0 Å². The number of likely N-dealkylation sites (tertiary alicyclic amines) is 1. The van der Waals surface area contributed by atoms with Crippen LogP contribution in [-0.4, -0.2) is 43.4 Å². The molecule has 0 aromatic carbocycles. The minimum absolute atomic E-state index is 0.198. The number of hydrogen-bond donors (Lipinski definition) is 1. The van der Waals surface area contributed by atoms with Crippen LogP contribution in [0.2, 0.25) is 0 Å². The van der Waals surface area contributed by atoms with Crippen molar-refractivity contribution < 1.29 is 4.79 Å². The molecule has 1 aliphatic heterocycles. The monoisotopic (exact) mass is 404 g/mol. The van der Waals surface area contributed by atoms with E-state index >= 15 is 0 Å². The third kappa shape index (κ3) is 4.35. The second-order valence-electron chi connectivity index (χ2n) is 7.86. The highest BCUT2D eigenvalue weighted by molar-refractivity contribution is 5.76. The maximum Gasteiger partial charge on any atom is 0.224 e. The summed E-state index contributed by atoms with van der Waals surface area (Å²) in [6.45, 7) is 6.27. The molecule has 1 aliphatic rings. The molecule has 7 nitrogen and oxygen atoms in total. The van der Waals surface area contributed by atoms with E-state index in [0.717, 1.165) is 54.3 Å². The van der Waals surface area contributed by atoms with Crippen LogP contribution < -0.4 is 5.73 Å². The standard InChI is InChI=1S/C23H28N6O/c1-3-22-25-8-11-28(22)10-7-23(30)29-9-6-18(15-29)20-13-19(12-16(2)27-20)17-4-5-21(24)26-14-17/h4-5,8,11-14,18H,3,6-7,9-10,15H2,1-2H3,(H2,24,26)/t18-/m0/s1. The Morgan fingerprint density at radius 2 is 2.10 bits per heavy atom. The first-order valence-corrected chi connectivity index (χ1v) is 10.5. The van der Waals surface area contributed by atoms with Crippen molar-refractivity contribution in [1.29, 1.82) is 0 Å². The smallest absolute Gasteiger partial charge is 0.224 e. The molecule has 0 bridgehead atoms. The van der Waals surface area contributed by atoms with E-state index in [-0.39, 0.29) is 11.8 Å². The van der Waals surface area contributed by atoms with E-state index in [1.54, 1.807) is 12.4 Å². The lowest BCUT2D eigenvalue weighted by Gasteiger charge is -2.17. The van der Waals surface area contributed by atoms with Crippen LogP contribution in [0, 0.1) is 6.92 Å². The number of anilines is 1. The number of imidazole rings is 1. The van der Waals surface area contributed by atoms with Gasteiger partial charge >= 0.3 is 0 Å². The zero-order chi connectivity index (χ0) is 21.1. The molecular formula is C23H28N6O. The van der Waals surface area contributed by atoms with Crippen molar-refractivity contribution in [2.75, 3.05) is 18.8 Å². The molecule has 1 saturated heterocycles. The Hall–Kier alpha value is -3.22. The summed E-state index contributed by atoms with van der Waals surface area (Å²) in [6.07, 6.45) is 7.85. The minimum Gasteiger partial charge on any atom is -0.384 e. The van der Waals surface area contributed by atoms with Crippen molar-refractivity contribution in [1.82, 2.24) is 24.4 Å². The van der Waals surface area contributed by atoms with Gasteiger partial charge in [0.1, 0.15) is 11.6 Å². The maximum absolute atomic E-state index is 12.8. The predicted octanol–water partition coefficient (Wildman–Crippen LogP) is 3.20. The molecule has 3 aromatic heterocycles. The Morgan fingerprint density at radius 1 is 1.23 bits per heavy atom. The van der Waals surface area contributed by atoms with Gasteiger partial charge in [0, 0.05) is 73.9 Å². The highest BCUT2D eigenvalue weighted by atomic mass is 16.2. The van der Waals surface area contributed by atoms with Gasteiger partial charge in [-0.1, -0.05) is 6.92 Å². The number of nitrogens with two attached hydrogens (primary N) is 1. The zero-order valence-corrected chi connectivity index (χ0v) is 17.6. The van der Waals surface area contributed by atoms with E-state index in [2.05, 4.69) is 33.6 Å². The van der Waals surface area contributed by atoms with Crippen LogP contribution in [0.1, 0.15) is 42.9 Å². The quantitative estimate of drug-likeness (QED) is 0.681. The van der Waals surface area contributed by atoms with Crippen LogP contribution in [0.25, 0.3) is 11.1 Å². The lowest BCUT2D eigenvalue weighted by Crippen LogP contribution is -2.29. The average Bonchev–Trinajstić information content (AvgIpc) is 3.41. The van der Waals surface area contributed by atoms with E-state index in [4.69, 9.17) is 10.7 Å². The van der Waals surface area contributed by atoms with Crippen molar-refractivity contribution in [3.05, 3.63) is 60.1 Å². The van der Waals surface area contributed by atoms with E-state index < -0.39 is 0 Å². The fraction of sp³-hybridized carbons (Fsp3) is 0.391. The van der Waals surface area contributed by atoms with Crippen LogP contribution >= 0.6 is 0 Å². The van der Waals surface area contributed by atoms with Crippen molar-refractivity contribution in [3.8, 4) is 11.1 Å². The first-order chi connectivity index (χ1) is 14.5. The van der Waals surface area contributed by atoms with Crippen LogP contribution in [0.4, 0.5) is 5.82 Å². The summed E-state index contributed by atoms with van der Waals surface area (Å²) in [6, 6.07) is 7.97. The lowest BCUT2D eigenvalue weighted by atomic mass is 9.99. The fourth-order valence-corrected chi connectivity index (χ4v) is 4.11. The van der Waals surface area contributed by atoms with Gasteiger partial charge in [0.25, 0.3) is 0 Å². The number of hydrogen-bond acceptors (Lipinski definition) is 5. The molecule has 4 heterocycles. The number of rotatable bonds is 6. The highest BCUT2D eigenvalue weighted by Crippen LogP contribution is 2.30. The van der Waals surface area contributed by atoms with Crippen LogP contribution in [0.5, 0.6) is 0 Å². The van der Waals surface area contributed by atoms with Gasteiger partial charge in [-0.15, -0.1) is 0 Å². The van der Waals surface area contributed by atoms with E-state index in [1.165, 1.54) is 0 Å². The number of aromatic nitrogens is 4. The third-order valence-corrected chi connectivity index (χ3v) is 5.74. The number of aryl methyl sites for hydroxylation is 3. The van der Waals surface area contributed by atoms with Crippen molar-refractivity contribution >= 4 is 11.7 Å². The lowest BCUT2D eigenvalue weighted by molar-refractivity contribution is -0.130. The summed E-state index contributed by atoms with van der Waals surface area (Å²) in [5.74, 6) is 1.99. The number of pyridine rings is 2. The van der Waals surface area contributed by atoms with Crippen molar-refractivity contribution in [2.24, 2.45) is 0 Å². The molecular weight excluding hydrogens is 376 g/mol. The molecule has 2 N–H and O–H groups in total. The Bertz CT molecular complexity index is 1030. The number of nitrogen functional groups attached to an aromatic ring is 1. The number of carbonyl (C=O) groups excluding carboxylic acids is 1. The van der Waals surface area contributed by atoms with Gasteiger partial charge in [-0.2, -0.15) is 0 Å². The molecule has 0 radical (unpaired) electrons.